The number of pyridine rings is 1. The van der Waals surface area contributed by atoms with Crippen LogP contribution in [0.15, 0.2) is 18.3 Å². The van der Waals surface area contributed by atoms with Crippen LogP contribution < -0.4 is 10.1 Å². The first-order valence-corrected chi connectivity index (χ1v) is 5.50. The van der Waals surface area contributed by atoms with Gasteiger partial charge in [0.2, 0.25) is 5.88 Å². The van der Waals surface area contributed by atoms with E-state index >= 15 is 0 Å². The monoisotopic (exact) mass is 238 g/mol. The molecule has 0 aliphatic heterocycles. The maximum Gasteiger partial charge on any atom is 0.327 e. The fourth-order valence-corrected chi connectivity index (χ4v) is 1.29. The van der Waals surface area contributed by atoms with Gasteiger partial charge in [0, 0.05) is 6.20 Å². The molecule has 0 saturated heterocycles. The maximum absolute atomic E-state index is 11.3. The quantitative estimate of drug-likeness (QED) is 0.793. The highest BCUT2D eigenvalue weighted by Gasteiger charge is 2.15. The Morgan fingerprint density at radius 2 is 2.12 bits per heavy atom. The Morgan fingerprint density at radius 3 is 2.71 bits per heavy atom. The summed E-state index contributed by atoms with van der Waals surface area (Å²) in [6.45, 7) is 5.56. The van der Waals surface area contributed by atoms with Crippen LogP contribution in [0.1, 0.15) is 20.8 Å². The molecule has 0 amide bonds. The minimum atomic E-state index is -0.446. The summed E-state index contributed by atoms with van der Waals surface area (Å²) in [5.41, 5.74) is 0.680. The molecule has 17 heavy (non-hydrogen) atoms. The molecule has 0 aromatic carbocycles. The summed E-state index contributed by atoms with van der Waals surface area (Å²) in [6.07, 6.45) is 1.67. The van der Waals surface area contributed by atoms with E-state index in [-0.39, 0.29) is 12.1 Å². The summed E-state index contributed by atoms with van der Waals surface area (Å²) in [4.78, 5) is 15.4. The third kappa shape index (κ3) is 3.94. The van der Waals surface area contributed by atoms with E-state index in [2.05, 4.69) is 15.0 Å². The molecule has 0 spiro atoms. The van der Waals surface area contributed by atoms with Crippen molar-refractivity contribution in [2.75, 3.05) is 12.4 Å². The second kappa shape index (κ2) is 6.08. The summed E-state index contributed by atoms with van der Waals surface area (Å²) in [5, 5.41) is 3.00. The highest BCUT2D eigenvalue weighted by molar-refractivity contribution is 5.79. The number of carbonyl (C=O) groups excluding carboxylic acids is 1. The van der Waals surface area contributed by atoms with E-state index < -0.39 is 6.04 Å². The van der Waals surface area contributed by atoms with Gasteiger partial charge in [-0.25, -0.2) is 9.78 Å². The third-order valence-electron chi connectivity index (χ3n) is 2.05. The molecule has 0 fully saturated rings. The summed E-state index contributed by atoms with van der Waals surface area (Å²) in [7, 11) is 1.36. The van der Waals surface area contributed by atoms with Crippen LogP contribution in [0.4, 0.5) is 5.69 Å². The predicted octanol–water partition coefficient (Wildman–Crippen LogP) is 1.84. The zero-order valence-electron chi connectivity index (χ0n) is 10.6. The number of methoxy groups -OCH3 is 1. The van der Waals surface area contributed by atoms with E-state index in [1.807, 2.05) is 19.9 Å². The predicted molar refractivity (Wildman–Crippen MR) is 65.1 cm³/mol. The molecule has 5 nitrogen and oxygen atoms in total. The number of esters is 1. The van der Waals surface area contributed by atoms with E-state index in [4.69, 9.17) is 4.74 Å². The first-order chi connectivity index (χ1) is 8.04. The van der Waals surface area contributed by atoms with E-state index in [1.54, 1.807) is 19.2 Å². The number of ether oxygens (including phenoxy) is 2. The topological polar surface area (TPSA) is 60.5 Å². The first-order valence-electron chi connectivity index (χ1n) is 5.50. The van der Waals surface area contributed by atoms with Gasteiger partial charge in [-0.15, -0.1) is 0 Å². The molecule has 0 aliphatic rings. The van der Waals surface area contributed by atoms with Gasteiger partial charge in [0.15, 0.2) is 0 Å². The molecular weight excluding hydrogens is 220 g/mol. The minimum absolute atomic E-state index is 0.0267. The number of carbonyl (C=O) groups is 1. The Hall–Kier alpha value is -1.78. The maximum atomic E-state index is 11.3. The molecule has 94 valence electrons. The second-order valence-corrected chi connectivity index (χ2v) is 3.91. The number of hydrogen-bond acceptors (Lipinski definition) is 5. The second-order valence-electron chi connectivity index (χ2n) is 3.91. The van der Waals surface area contributed by atoms with Gasteiger partial charge >= 0.3 is 5.97 Å². The zero-order chi connectivity index (χ0) is 12.8. The van der Waals surface area contributed by atoms with Crippen molar-refractivity contribution in [1.82, 2.24) is 4.98 Å². The first kappa shape index (κ1) is 13.3. The number of aromatic nitrogens is 1. The average Bonchev–Trinajstić information content (AvgIpc) is 2.29. The standard InChI is InChI=1S/C12H18N2O3/c1-8(2)17-11-10(6-5-7-13-11)14-9(3)12(15)16-4/h5-9,14H,1-4H3. The summed E-state index contributed by atoms with van der Waals surface area (Å²) in [6, 6.07) is 3.14. The zero-order valence-corrected chi connectivity index (χ0v) is 10.6. The molecule has 1 unspecified atom stereocenters. The highest BCUT2D eigenvalue weighted by Crippen LogP contribution is 2.22. The van der Waals surface area contributed by atoms with Crippen LogP contribution in [0, 0.1) is 0 Å². The number of nitrogens with zero attached hydrogens (tertiary/aromatic N) is 1. The van der Waals surface area contributed by atoms with Crippen molar-refractivity contribution in [2.24, 2.45) is 0 Å². The molecule has 1 atom stereocenters. The SMILES string of the molecule is COC(=O)C(C)Nc1cccnc1OC(C)C. The van der Waals surface area contributed by atoms with Crippen molar-refractivity contribution < 1.29 is 14.3 Å². The van der Waals surface area contributed by atoms with Crippen molar-refractivity contribution in [2.45, 2.75) is 32.9 Å². The van der Waals surface area contributed by atoms with Crippen LogP contribution in [-0.2, 0) is 9.53 Å². The van der Waals surface area contributed by atoms with Crippen LogP contribution in [0.2, 0.25) is 0 Å². The number of anilines is 1. The molecule has 0 aliphatic carbocycles. The van der Waals surface area contributed by atoms with E-state index in [1.165, 1.54) is 7.11 Å². The van der Waals surface area contributed by atoms with Gasteiger partial charge < -0.3 is 14.8 Å². The van der Waals surface area contributed by atoms with E-state index in [0.29, 0.717) is 11.6 Å². The molecule has 0 radical (unpaired) electrons. The Labute approximate surface area is 101 Å². The molecule has 0 saturated carbocycles. The van der Waals surface area contributed by atoms with Crippen LogP contribution in [0.25, 0.3) is 0 Å². The Kier molecular flexibility index (Phi) is 4.75. The normalized spacial score (nSPS) is 12.1. The lowest BCUT2D eigenvalue weighted by atomic mass is 10.3. The summed E-state index contributed by atoms with van der Waals surface area (Å²) < 4.78 is 10.2. The van der Waals surface area contributed by atoms with Gasteiger partial charge in [0.05, 0.1) is 18.9 Å². The lowest BCUT2D eigenvalue weighted by Crippen LogP contribution is -2.27. The fourth-order valence-electron chi connectivity index (χ4n) is 1.29. The van der Waals surface area contributed by atoms with Gasteiger partial charge in [-0.05, 0) is 32.9 Å². The van der Waals surface area contributed by atoms with Gasteiger partial charge in [0.1, 0.15) is 6.04 Å². The lowest BCUT2D eigenvalue weighted by molar-refractivity contribution is -0.141. The van der Waals surface area contributed by atoms with Crippen LogP contribution in [0.3, 0.4) is 0 Å². The molecule has 5 heteroatoms. The van der Waals surface area contributed by atoms with E-state index in [0.717, 1.165) is 0 Å². The molecule has 0 bridgehead atoms. The van der Waals surface area contributed by atoms with Crippen molar-refractivity contribution in [1.29, 1.82) is 0 Å². The van der Waals surface area contributed by atoms with Gasteiger partial charge in [-0.1, -0.05) is 0 Å². The Bertz CT molecular complexity index is 380. The van der Waals surface area contributed by atoms with Crippen molar-refractivity contribution in [3.8, 4) is 5.88 Å². The van der Waals surface area contributed by atoms with Gasteiger partial charge in [0.25, 0.3) is 0 Å². The van der Waals surface area contributed by atoms with Crippen LogP contribution >= 0.6 is 0 Å². The van der Waals surface area contributed by atoms with Gasteiger partial charge in [-0.3, -0.25) is 0 Å². The average molecular weight is 238 g/mol. The number of rotatable bonds is 5. The number of hydrogen-bond donors (Lipinski definition) is 1. The molecule has 1 N–H and O–H groups in total. The van der Waals surface area contributed by atoms with Crippen molar-refractivity contribution in [3.63, 3.8) is 0 Å². The third-order valence-corrected chi connectivity index (χ3v) is 2.05. The molecular formula is C12H18N2O3. The van der Waals surface area contributed by atoms with Crippen LogP contribution in [-0.4, -0.2) is 30.2 Å². The highest BCUT2D eigenvalue weighted by atomic mass is 16.5. The summed E-state index contributed by atoms with van der Waals surface area (Å²) in [5.74, 6) is 0.155. The fraction of sp³-hybridized carbons (Fsp3) is 0.500. The minimum Gasteiger partial charge on any atom is -0.473 e. The smallest absolute Gasteiger partial charge is 0.327 e. The summed E-state index contributed by atoms with van der Waals surface area (Å²) >= 11 is 0. The Balaban J connectivity index is 2.79. The molecule has 1 aromatic heterocycles. The largest absolute Gasteiger partial charge is 0.473 e. The molecule has 1 rings (SSSR count). The lowest BCUT2D eigenvalue weighted by Gasteiger charge is -2.17. The van der Waals surface area contributed by atoms with Crippen molar-refractivity contribution in [3.05, 3.63) is 18.3 Å². The van der Waals surface area contributed by atoms with Gasteiger partial charge in [-0.2, -0.15) is 0 Å². The number of nitrogens with one attached hydrogen (secondary N) is 1. The van der Waals surface area contributed by atoms with E-state index in [9.17, 15) is 4.79 Å². The Morgan fingerprint density at radius 1 is 1.41 bits per heavy atom. The van der Waals surface area contributed by atoms with Crippen LogP contribution in [0.5, 0.6) is 5.88 Å². The molecule has 1 aromatic rings. The van der Waals surface area contributed by atoms with Crippen molar-refractivity contribution >= 4 is 11.7 Å². The molecule has 1 heterocycles.